The Hall–Kier alpha value is -1.56. The molecule has 0 saturated carbocycles. The molecule has 2 unspecified atom stereocenters. The lowest BCUT2D eigenvalue weighted by atomic mass is 10.1. The average molecular weight is 274 g/mol. The molecule has 1 aromatic carbocycles. The van der Waals surface area contributed by atoms with E-state index in [2.05, 4.69) is 5.32 Å². The summed E-state index contributed by atoms with van der Waals surface area (Å²) in [6.45, 7) is 3.48. The Morgan fingerprint density at radius 1 is 1.32 bits per heavy atom. The van der Waals surface area contributed by atoms with Crippen molar-refractivity contribution in [3.05, 3.63) is 35.4 Å². The predicted octanol–water partition coefficient (Wildman–Crippen LogP) is 2.62. The van der Waals surface area contributed by atoms with Gasteiger partial charge in [-0.25, -0.2) is 0 Å². The fraction of sp³-hybridized carbons (Fsp3) is 0.462. The molecule has 0 aliphatic carbocycles. The molecule has 0 aliphatic rings. The number of nitrogens with two attached hydrogens (primary N) is 1. The fourth-order valence-electron chi connectivity index (χ4n) is 1.55. The predicted molar refractivity (Wildman–Crippen MR) is 66.3 cm³/mol. The molecule has 1 amide bonds. The van der Waals surface area contributed by atoms with Crippen LogP contribution in [0.3, 0.4) is 0 Å². The van der Waals surface area contributed by atoms with Gasteiger partial charge in [0, 0.05) is 0 Å². The molecule has 3 N–H and O–H groups in total. The molecule has 6 heteroatoms. The van der Waals surface area contributed by atoms with Crippen LogP contribution in [-0.2, 0) is 11.0 Å². The Balaban J connectivity index is 2.73. The SMILES string of the molecule is CCC(N)C(=O)NC(C)c1ccc(C(F)(F)F)cc1. The highest BCUT2D eigenvalue weighted by Crippen LogP contribution is 2.29. The van der Waals surface area contributed by atoms with Crippen molar-refractivity contribution in [1.82, 2.24) is 5.32 Å². The molecule has 0 radical (unpaired) electrons. The maximum atomic E-state index is 12.4. The molecule has 1 rings (SSSR count). The summed E-state index contributed by atoms with van der Waals surface area (Å²) >= 11 is 0. The third-order valence-corrected chi connectivity index (χ3v) is 2.87. The molecule has 0 saturated heterocycles. The van der Waals surface area contributed by atoms with Gasteiger partial charge in [0.25, 0.3) is 0 Å². The zero-order valence-corrected chi connectivity index (χ0v) is 10.8. The highest BCUT2D eigenvalue weighted by atomic mass is 19.4. The summed E-state index contributed by atoms with van der Waals surface area (Å²) in [7, 11) is 0. The molecule has 1 aromatic rings. The van der Waals surface area contributed by atoms with Crippen LogP contribution in [0, 0.1) is 0 Å². The summed E-state index contributed by atoms with van der Waals surface area (Å²) in [5.41, 5.74) is 5.46. The maximum absolute atomic E-state index is 12.4. The van der Waals surface area contributed by atoms with Crippen molar-refractivity contribution in [1.29, 1.82) is 0 Å². The van der Waals surface area contributed by atoms with Crippen LogP contribution in [0.15, 0.2) is 24.3 Å². The molecule has 0 spiro atoms. The van der Waals surface area contributed by atoms with Crippen LogP contribution in [-0.4, -0.2) is 11.9 Å². The van der Waals surface area contributed by atoms with Crippen LogP contribution in [0.1, 0.15) is 37.4 Å². The highest BCUT2D eigenvalue weighted by molar-refractivity contribution is 5.81. The van der Waals surface area contributed by atoms with E-state index in [1.54, 1.807) is 13.8 Å². The number of nitrogens with one attached hydrogen (secondary N) is 1. The van der Waals surface area contributed by atoms with E-state index in [1.165, 1.54) is 12.1 Å². The molecule has 0 aromatic heterocycles. The molecule has 19 heavy (non-hydrogen) atoms. The van der Waals surface area contributed by atoms with Gasteiger partial charge in [0.1, 0.15) is 0 Å². The Morgan fingerprint density at radius 3 is 2.26 bits per heavy atom. The van der Waals surface area contributed by atoms with Crippen molar-refractivity contribution in [2.45, 2.75) is 38.5 Å². The van der Waals surface area contributed by atoms with Gasteiger partial charge in [-0.15, -0.1) is 0 Å². The number of carbonyl (C=O) groups excluding carboxylic acids is 1. The lowest BCUT2D eigenvalue weighted by molar-refractivity contribution is -0.137. The van der Waals surface area contributed by atoms with Crippen LogP contribution >= 0.6 is 0 Å². The summed E-state index contributed by atoms with van der Waals surface area (Å²) in [5.74, 6) is -0.310. The zero-order valence-electron chi connectivity index (χ0n) is 10.8. The monoisotopic (exact) mass is 274 g/mol. The Labute approximate surface area is 110 Å². The van der Waals surface area contributed by atoms with E-state index in [0.717, 1.165) is 12.1 Å². The lowest BCUT2D eigenvalue weighted by Gasteiger charge is -2.17. The first kappa shape index (κ1) is 15.5. The first-order valence-electron chi connectivity index (χ1n) is 5.98. The molecule has 0 heterocycles. The summed E-state index contributed by atoms with van der Waals surface area (Å²) in [6, 6.07) is 3.72. The largest absolute Gasteiger partial charge is 0.416 e. The van der Waals surface area contributed by atoms with Crippen molar-refractivity contribution >= 4 is 5.91 Å². The molecule has 2 atom stereocenters. The molecule has 3 nitrogen and oxygen atoms in total. The molecular weight excluding hydrogens is 257 g/mol. The quantitative estimate of drug-likeness (QED) is 0.886. The van der Waals surface area contributed by atoms with Crippen LogP contribution in [0.2, 0.25) is 0 Å². The number of carbonyl (C=O) groups is 1. The van der Waals surface area contributed by atoms with Crippen molar-refractivity contribution in [2.75, 3.05) is 0 Å². The fourth-order valence-corrected chi connectivity index (χ4v) is 1.55. The van der Waals surface area contributed by atoms with E-state index >= 15 is 0 Å². The molecule has 0 aliphatic heterocycles. The summed E-state index contributed by atoms with van der Waals surface area (Å²) in [4.78, 5) is 11.6. The van der Waals surface area contributed by atoms with Gasteiger partial charge in [-0.05, 0) is 31.0 Å². The number of hydrogen-bond acceptors (Lipinski definition) is 2. The van der Waals surface area contributed by atoms with Crippen molar-refractivity contribution in [3.63, 3.8) is 0 Å². The standard InChI is InChI=1S/C13H17F3N2O/c1-3-11(17)12(19)18-8(2)9-4-6-10(7-5-9)13(14,15)16/h4-8,11H,3,17H2,1-2H3,(H,18,19). The van der Waals surface area contributed by atoms with E-state index in [-0.39, 0.29) is 11.9 Å². The average Bonchev–Trinajstić information content (AvgIpc) is 2.36. The summed E-state index contributed by atoms with van der Waals surface area (Å²) < 4.78 is 37.2. The first-order valence-corrected chi connectivity index (χ1v) is 5.98. The van der Waals surface area contributed by atoms with E-state index in [9.17, 15) is 18.0 Å². The third kappa shape index (κ3) is 4.24. The minimum Gasteiger partial charge on any atom is -0.348 e. The van der Waals surface area contributed by atoms with Gasteiger partial charge in [-0.3, -0.25) is 4.79 Å². The van der Waals surface area contributed by atoms with Gasteiger partial charge in [-0.2, -0.15) is 13.2 Å². The second kappa shape index (κ2) is 6.06. The zero-order chi connectivity index (χ0) is 14.6. The first-order chi connectivity index (χ1) is 8.75. The maximum Gasteiger partial charge on any atom is 0.416 e. The number of rotatable bonds is 4. The Kier molecular flexibility index (Phi) is 4.94. The third-order valence-electron chi connectivity index (χ3n) is 2.87. The normalized spacial score (nSPS) is 14.8. The van der Waals surface area contributed by atoms with Gasteiger partial charge < -0.3 is 11.1 Å². The van der Waals surface area contributed by atoms with Gasteiger partial charge in [0.05, 0.1) is 17.6 Å². The van der Waals surface area contributed by atoms with Gasteiger partial charge >= 0.3 is 6.18 Å². The molecular formula is C13H17F3N2O. The van der Waals surface area contributed by atoms with Crippen LogP contribution in [0.5, 0.6) is 0 Å². The lowest BCUT2D eigenvalue weighted by Crippen LogP contribution is -2.41. The second-order valence-electron chi connectivity index (χ2n) is 4.36. The van der Waals surface area contributed by atoms with Gasteiger partial charge in [0.2, 0.25) is 5.91 Å². The topological polar surface area (TPSA) is 55.1 Å². The Morgan fingerprint density at radius 2 is 1.84 bits per heavy atom. The van der Waals surface area contributed by atoms with Crippen molar-refractivity contribution in [3.8, 4) is 0 Å². The number of hydrogen-bond donors (Lipinski definition) is 2. The molecule has 0 bridgehead atoms. The number of alkyl halides is 3. The van der Waals surface area contributed by atoms with Crippen molar-refractivity contribution in [2.24, 2.45) is 5.73 Å². The van der Waals surface area contributed by atoms with Crippen molar-refractivity contribution < 1.29 is 18.0 Å². The van der Waals surface area contributed by atoms with E-state index in [1.807, 2.05) is 0 Å². The summed E-state index contributed by atoms with van der Waals surface area (Å²) in [6.07, 6.45) is -3.85. The number of amides is 1. The minimum atomic E-state index is -4.35. The minimum absolute atomic E-state index is 0.310. The van der Waals surface area contributed by atoms with Gasteiger partial charge in [-0.1, -0.05) is 19.1 Å². The number of benzene rings is 1. The van der Waals surface area contributed by atoms with Crippen LogP contribution in [0.25, 0.3) is 0 Å². The van der Waals surface area contributed by atoms with Gasteiger partial charge in [0.15, 0.2) is 0 Å². The molecule has 106 valence electrons. The smallest absolute Gasteiger partial charge is 0.348 e. The highest BCUT2D eigenvalue weighted by Gasteiger charge is 2.30. The van der Waals surface area contributed by atoms with Crippen LogP contribution in [0.4, 0.5) is 13.2 Å². The molecule has 0 fully saturated rings. The van der Waals surface area contributed by atoms with E-state index < -0.39 is 17.8 Å². The summed E-state index contributed by atoms with van der Waals surface area (Å²) in [5, 5.41) is 2.66. The number of halogens is 3. The second-order valence-corrected chi connectivity index (χ2v) is 4.36. The van der Waals surface area contributed by atoms with E-state index in [4.69, 9.17) is 5.73 Å². The Bertz CT molecular complexity index is 429. The van der Waals surface area contributed by atoms with E-state index in [0.29, 0.717) is 12.0 Å². The van der Waals surface area contributed by atoms with Crippen LogP contribution < -0.4 is 11.1 Å².